The molecule has 0 saturated heterocycles. The van der Waals surface area contributed by atoms with Crippen LogP contribution >= 0.6 is 0 Å². The molecule has 2 atom stereocenters. The van der Waals surface area contributed by atoms with E-state index in [1.807, 2.05) is 0 Å². The Labute approximate surface area is 126 Å². The molecule has 122 valence electrons. The Balaban J connectivity index is 2.52. The lowest BCUT2D eigenvalue weighted by Gasteiger charge is -2.17. The van der Waals surface area contributed by atoms with Crippen LogP contribution in [0.5, 0.6) is 0 Å². The fourth-order valence-corrected chi connectivity index (χ4v) is 1.96. The molecule has 2 unspecified atom stereocenters. The summed E-state index contributed by atoms with van der Waals surface area (Å²) in [4.78, 5) is 22.0. The van der Waals surface area contributed by atoms with Crippen LogP contribution < -0.4 is 11.1 Å². The predicted octanol–water partition coefficient (Wildman–Crippen LogP) is 2.06. The highest BCUT2D eigenvalue weighted by Crippen LogP contribution is 2.29. The van der Waals surface area contributed by atoms with Crippen molar-refractivity contribution in [2.75, 3.05) is 0 Å². The van der Waals surface area contributed by atoms with Gasteiger partial charge >= 0.3 is 6.18 Å². The van der Waals surface area contributed by atoms with Gasteiger partial charge in [0.05, 0.1) is 11.6 Å². The molecule has 0 aliphatic carbocycles. The van der Waals surface area contributed by atoms with Crippen molar-refractivity contribution in [3.8, 4) is 0 Å². The number of amides is 1. The number of hydrogen-bond acceptors (Lipinski definition) is 3. The summed E-state index contributed by atoms with van der Waals surface area (Å²) in [5, 5.41) is 2.68. The van der Waals surface area contributed by atoms with E-state index < -0.39 is 17.8 Å². The zero-order chi connectivity index (χ0) is 16.8. The van der Waals surface area contributed by atoms with Crippen molar-refractivity contribution in [1.29, 1.82) is 0 Å². The van der Waals surface area contributed by atoms with Crippen molar-refractivity contribution < 1.29 is 22.8 Å². The first-order valence-corrected chi connectivity index (χ1v) is 6.89. The average molecular weight is 316 g/mol. The quantitative estimate of drug-likeness (QED) is 0.756. The van der Waals surface area contributed by atoms with Gasteiger partial charge in [-0.25, -0.2) is 0 Å². The topological polar surface area (TPSA) is 72.2 Å². The maximum Gasteiger partial charge on any atom is 0.416 e. The van der Waals surface area contributed by atoms with Crippen LogP contribution in [0.1, 0.15) is 30.9 Å². The van der Waals surface area contributed by atoms with E-state index in [1.54, 1.807) is 6.92 Å². The maximum absolute atomic E-state index is 12.4. The first-order chi connectivity index (χ1) is 10.2. The fraction of sp³-hybridized carbons (Fsp3) is 0.467. The Morgan fingerprint density at radius 1 is 1.32 bits per heavy atom. The SMILES string of the molecule is CC(Cc1ccc(C(F)(F)F)cc1)NC(=O)C(N)CCC=O. The van der Waals surface area contributed by atoms with E-state index in [-0.39, 0.29) is 24.8 Å². The second-order valence-corrected chi connectivity index (χ2v) is 5.16. The van der Waals surface area contributed by atoms with Gasteiger partial charge in [-0.2, -0.15) is 13.2 Å². The predicted molar refractivity (Wildman–Crippen MR) is 76.0 cm³/mol. The lowest BCUT2D eigenvalue weighted by Crippen LogP contribution is -2.45. The number of alkyl halides is 3. The van der Waals surface area contributed by atoms with Crippen molar-refractivity contribution in [1.82, 2.24) is 5.32 Å². The highest BCUT2D eigenvalue weighted by Gasteiger charge is 2.29. The summed E-state index contributed by atoms with van der Waals surface area (Å²) in [5.41, 5.74) is 5.59. The second-order valence-electron chi connectivity index (χ2n) is 5.16. The van der Waals surface area contributed by atoms with Crippen LogP contribution in [-0.2, 0) is 22.2 Å². The lowest BCUT2D eigenvalue weighted by molar-refractivity contribution is -0.137. The number of carbonyl (C=O) groups is 2. The Morgan fingerprint density at radius 2 is 1.91 bits per heavy atom. The van der Waals surface area contributed by atoms with E-state index in [0.29, 0.717) is 18.3 Å². The molecule has 0 aliphatic heterocycles. The van der Waals surface area contributed by atoms with Crippen molar-refractivity contribution >= 4 is 12.2 Å². The van der Waals surface area contributed by atoms with Gasteiger partial charge in [-0.1, -0.05) is 12.1 Å². The zero-order valence-corrected chi connectivity index (χ0v) is 12.2. The van der Waals surface area contributed by atoms with E-state index in [1.165, 1.54) is 12.1 Å². The van der Waals surface area contributed by atoms with Crippen molar-refractivity contribution in [3.05, 3.63) is 35.4 Å². The number of halogens is 3. The molecule has 0 saturated carbocycles. The van der Waals surface area contributed by atoms with Crippen molar-refractivity contribution in [2.24, 2.45) is 5.73 Å². The number of rotatable bonds is 7. The summed E-state index contributed by atoms with van der Waals surface area (Å²) in [6.45, 7) is 1.74. The molecule has 0 bridgehead atoms. The maximum atomic E-state index is 12.4. The molecule has 7 heteroatoms. The number of benzene rings is 1. The molecule has 0 radical (unpaired) electrons. The third-order valence-corrected chi connectivity index (χ3v) is 3.14. The lowest BCUT2D eigenvalue weighted by atomic mass is 10.0. The number of nitrogens with one attached hydrogen (secondary N) is 1. The van der Waals surface area contributed by atoms with Crippen LogP contribution in [-0.4, -0.2) is 24.3 Å². The Kier molecular flexibility index (Phi) is 6.55. The van der Waals surface area contributed by atoms with Gasteiger partial charge in [0.15, 0.2) is 0 Å². The summed E-state index contributed by atoms with van der Waals surface area (Å²) >= 11 is 0. The third-order valence-electron chi connectivity index (χ3n) is 3.14. The van der Waals surface area contributed by atoms with Crippen LogP contribution in [0.3, 0.4) is 0 Å². The fourth-order valence-electron chi connectivity index (χ4n) is 1.96. The van der Waals surface area contributed by atoms with Crippen LogP contribution in [0.25, 0.3) is 0 Å². The molecular formula is C15H19F3N2O2. The van der Waals surface area contributed by atoms with Crippen LogP contribution in [0.4, 0.5) is 13.2 Å². The second kappa shape index (κ2) is 7.93. The average Bonchev–Trinajstić information content (AvgIpc) is 2.44. The van der Waals surface area contributed by atoms with Gasteiger partial charge in [0.25, 0.3) is 0 Å². The minimum absolute atomic E-state index is 0.210. The Bertz CT molecular complexity index is 501. The van der Waals surface area contributed by atoms with Gasteiger partial charge in [0.2, 0.25) is 5.91 Å². The third kappa shape index (κ3) is 5.85. The summed E-state index contributed by atoms with van der Waals surface area (Å²) in [7, 11) is 0. The summed E-state index contributed by atoms with van der Waals surface area (Å²) in [6.07, 6.45) is -2.79. The summed E-state index contributed by atoms with van der Waals surface area (Å²) < 4.78 is 37.3. The van der Waals surface area contributed by atoms with Crippen LogP contribution in [0, 0.1) is 0 Å². The van der Waals surface area contributed by atoms with E-state index in [4.69, 9.17) is 5.73 Å². The van der Waals surface area contributed by atoms with Gasteiger partial charge < -0.3 is 15.8 Å². The van der Waals surface area contributed by atoms with E-state index in [9.17, 15) is 22.8 Å². The standard InChI is InChI=1S/C15H19F3N2O2/c1-10(20-14(22)13(19)3-2-8-21)9-11-4-6-12(7-5-11)15(16,17)18/h4-8,10,13H,2-3,9,19H2,1H3,(H,20,22). The molecule has 0 aliphatic rings. The largest absolute Gasteiger partial charge is 0.416 e. The highest BCUT2D eigenvalue weighted by atomic mass is 19.4. The van der Waals surface area contributed by atoms with Gasteiger partial charge in [-0.3, -0.25) is 4.79 Å². The molecular weight excluding hydrogens is 297 g/mol. The molecule has 0 heterocycles. The Morgan fingerprint density at radius 3 is 2.41 bits per heavy atom. The monoisotopic (exact) mass is 316 g/mol. The van der Waals surface area contributed by atoms with Crippen molar-refractivity contribution in [2.45, 2.75) is 44.4 Å². The molecule has 0 spiro atoms. The number of aldehydes is 1. The molecule has 22 heavy (non-hydrogen) atoms. The van der Waals surface area contributed by atoms with Gasteiger partial charge in [0, 0.05) is 12.5 Å². The molecule has 0 aromatic heterocycles. The number of hydrogen-bond donors (Lipinski definition) is 2. The van der Waals surface area contributed by atoms with Gasteiger partial charge in [-0.05, 0) is 37.5 Å². The normalized spacial score (nSPS) is 14.2. The summed E-state index contributed by atoms with van der Waals surface area (Å²) in [5.74, 6) is -0.374. The summed E-state index contributed by atoms with van der Waals surface area (Å²) in [6, 6.07) is 3.77. The van der Waals surface area contributed by atoms with E-state index in [0.717, 1.165) is 12.1 Å². The van der Waals surface area contributed by atoms with Gasteiger partial charge in [0.1, 0.15) is 6.29 Å². The molecule has 4 nitrogen and oxygen atoms in total. The molecule has 1 aromatic rings. The van der Waals surface area contributed by atoms with E-state index in [2.05, 4.69) is 5.32 Å². The minimum atomic E-state index is -4.36. The molecule has 1 aromatic carbocycles. The van der Waals surface area contributed by atoms with Crippen LogP contribution in [0.15, 0.2) is 24.3 Å². The highest BCUT2D eigenvalue weighted by molar-refractivity contribution is 5.82. The van der Waals surface area contributed by atoms with Crippen LogP contribution in [0.2, 0.25) is 0 Å². The number of carbonyl (C=O) groups excluding carboxylic acids is 2. The first-order valence-electron chi connectivity index (χ1n) is 6.89. The molecule has 0 fully saturated rings. The molecule has 1 amide bonds. The van der Waals surface area contributed by atoms with E-state index >= 15 is 0 Å². The zero-order valence-electron chi connectivity index (χ0n) is 12.2. The first kappa shape index (κ1) is 18.2. The molecule has 3 N–H and O–H groups in total. The van der Waals surface area contributed by atoms with Crippen molar-refractivity contribution in [3.63, 3.8) is 0 Å². The number of nitrogens with two attached hydrogens (primary N) is 1. The Hall–Kier alpha value is -1.89. The molecule has 1 rings (SSSR count). The smallest absolute Gasteiger partial charge is 0.352 e. The minimum Gasteiger partial charge on any atom is -0.352 e. The van der Waals surface area contributed by atoms with Gasteiger partial charge in [-0.15, -0.1) is 0 Å².